The van der Waals surface area contributed by atoms with Gasteiger partial charge in [0.2, 0.25) is 5.91 Å². The van der Waals surface area contributed by atoms with Crippen LogP contribution in [0.25, 0.3) is 0 Å². The zero-order valence-electron chi connectivity index (χ0n) is 16.8. The van der Waals surface area contributed by atoms with Crippen LogP contribution >= 0.6 is 11.6 Å². The van der Waals surface area contributed by atoms with Crippen molar-refractivity contribution in [3.8, 4) is 0 Å². The van der Waals surface area contributed by atoms with E-state index in [2.05, 4.69) is 15.6 Å². The minimum absolute atomic E-state index is 0.157. The molecule has 0 bridgehead atoms. The number of aliphatic hydroxyl groups is 1. The SMILES string of the molecule is O=C(C[C@H]1C[C@H]2O[C@H](CNCc3cnccc3Cl)[C@@H](O)[C@H]2O1)NCc1ccc(F)cc1. The fourth-order valence-electron chi connectivity index (χ4n) is 3.98. The van der Waals surface area contributed by atoms with Crippen LogP contribution in [0.4, 0.5) is 4.39 Å². The number of aromatic nitrogens is 1. The number of aliphatic hydroxyl groups excluding tert-OH is 1. The van der Waals surface area contributed by atoms with Gasteiger partial charge in [-0.05, 0) is 23.8 Å². The third-order valence-corrected chi connectivity index (χ3v) is 5.97. The van der Waals surface area contributed by atoms with Crippen molar-refractivity contribution in [3.05, 3.63) is 64.7 Å². The van der Waals surface area contributed by atoms with Crippen LogP contribution in [0.1, 0.15) is 24.0 Å². The highest BCUT2D eigenvalue weighted by molar-refractivity contribution is 6.31. The van der Waals surface area contributed by atoms with Crippen LogP contribution in [-0.2, 0) is 27.4 Å². The van der Waals surface area contributed by atoms with Crippen LogP contribution < -0.4 is 10.6 Å². The van der Waals surface area contributed by atoms with E-state index in [0.29, 0.717) is 31.1 Å². The molecule has 2 saturated heterocycles. The van der Waals surface area contributed by atoms with Crippen LogP contribution in [0.15, 0.2) is 42.7 Å². The first-order valence-electron chi connectivity index (χ1n) is 10.3. The average Bonchev–Trinajstić information content (AvgIpc) is 3.27. The second-order valence-corrected chi connectivity index (χ2v) is 8.27. The summed E-state index contributed by atoms with van der Waals surface area (Å²) in [4.78, 5) is 16.3. The van der Waals surface area contributed by atoms with Gasteiger partial charge < -0.3 is 25.2 Å². The molecule has 1 aromatic carbocycles. The van der Waals surface area contributed by atoms with Crippen molar-refractivity contribution in [1.29, 1.82) is 0 Å². The van der Waals surface area contributed by atoms with Crippen molar-refractivity contribution < 1.29 is 23.8 Å². The molecule has 1 amide bonds. The number of carbonyl (C=O) groups is 1. The lowest BCUT2D eigenvalue weighted by molar-refractivity contribution is -0.124. The Balaban J connectivity index is 1.18. The summed E-state index contributed by atoms with van der Waals surface area (Å²) in [5.74, 6) is -0.468. The minimum atomic E-state index is -0.769. The highest BCUT2D eigenvalue weighted by Gasteiger charge is 2.50. The molecular weight excluding hydrogens is 425 g/mol. The average molecular weight is 450 g/mol. The van der Waals surface area contributed by atoms with Crippen molar-refractivity contribution in [2.24, 2.45) is 0 Å². The molecule has 2 aromatic rings. The Kier molecular flexibility index (Phi) is 7.14. The summed E-state index contributed by atoms with van der Waals surface area (Å²) in [7, 11) is 0. The van der Waals surface area contributed by atoms with Crippen molar-refractivity contribution in [2.45, 2.75) is 56.5 Å². The smallest absolute Gasteiger partial charge is 0.222 e. The Labute approximate surface area is 184 Å². The highest BCUT2D eigenvalue weighted by Crippen LogP contribution is 2.35. The summed E-state index contributed by atoms with van der Waals surface area (Å²) in [5, 5.41) is 17.3. The molecule has 2 aliphatic rings. The van der Waals surface area contributed by atoms with E-state index in [9.17, 15) is 14.3 Å². The summed E-state index contributed by atoms with van der Waals surface area (Å²) < 4.78 is 24.8. The number of hydrogen-bond donors (Lipinski definition) is 3. The molecule has 166 valence electrons. The van der Waals surface area contributed by atoms with Gasteiger partial charge >= 0.3 is 0 Å². The van der Waals surface area contributed by atoms with E-state index in [-0.39, 0.29) is 30.4 Å². The molecule has 0 unspecified atom stereocenters. The van der Waals surface area contributed by atoms with E-state index in [0.717, 1.165) is 11.1 Å². The fourth-order valence-corrected chi connectivity index (χ4v) is 4.15. The van der Waals surface area contributed by atoms with Crippen LogP contribution in [0.2, 0.25) is 5.02 Å². The van der Waals surface area contributed by atoms with Gasteiger partial charge in [-0.25, -0.2) is 4.39 Å². The molecule has 5 atom stereocenters. The van der Waals surface area contributed by atoms with Crippen LogP contribution in [0, 0.1) is 5.82 Å². The molecule has 0 radical (unpaired) electrons. The minimum Gasteiger partial charge on any atom is -0.388 e. The lowest BCUT2D eigenvalue weighted by atomic mass is 10.1. The number of benzene rings is 1. The molecule has 2 aliphatic heterocycles. The van der Waals surface area contributed by atoms with Crippen molar-refractivity contribution in [3.63, 3.8) is 0 Å². The maximum Gasteiger partial charge on any atom is 0.222 e. The number of hydrogen-bond acceptors (Lipinski definition) is 6. The van der Waals surface area contributed by atoms with Crippen LogP contribution in [0.5, 0.6) is 0 Å². The largest absolute Gasteiger partial charge is 0.388 e. The first kappa shape index (κ1) is 22.1. The van der Waals surface area contributed by atoms with E-state index in [1.54, 1.807) is 30.6 Å². The first-order chi connectivity index (χ1) is 15.0. The topological polar surface area (TPSA) is 92.7 Å². The van der Waals surface area contributed by atoms with Gasteiger partial charge in [0.15, 0.2) is 0 Å². The van der Waals surface area contributed by atoms with E-state index < -0.39 is 18.3 Å². The number of nitrogens with one attached hydrogen (secondary N) is 2. The van der Waals surface area contributed by atoms with E-state index in [4.69, 9.17) is 21.1 Å². The van der Waals surface area contributed by atoms with Gasteiger partial charge in [0.05, 0.1) is 24.7 Å². The van der Waals surface area contributed by atoms with E-state index >= 15 is 0 Å². The second kappa shape index (κ2) is 10.0. The molecule has 0 aliphatic carbocycles. The number of nitrogens with zero attached hydrogens (tertiary/aromatic N) is 1. The number of carbonyl (C=O) groups excluding carboxylic acids is 1. The lowest BCUT2D eigenvalue weighted by Gasteiger charge is -2.20. The van der Waals surface area contributed by atoms with Crippen LogP contribution in [0.3, 0.4) is 0 Å². The molecular formula is C22H25ClFN3O4. The Hall–Kier alpha value is -2.10. The van der Waals surface area contributed by atoms with Gasteiger partial charge in [-0.1, -0.05) is 23.7 Å². The number of amides is 1. The summed E-state index contributed by atoms with van der Waals surface area (Å²) >= 11 is 6.12. The third kappa shape index (κ3) is 5.58. The standard InChI is InChI=1S/C22H25ClFN3O4/c23-17-5-6-25-10-14(17)11-26-12-19-21(29)22-18(31-19)7-16(30-22)8-20(28)27-9-13-1-3-15(24)4-2-13/h1-6,10,16,18-19,21-22,26,29H,7-9,11-12H2,(H,27,28)/t16-,18-,19-,21-,22+/m1/s1. The quantitative estimate of drug-likeness (QED) is 0.570. The van der Waals surface area contributed by atoms with Gasteiger partial charge in [-0.2, -0.15) is 0 Å². The summed E-state index contributed by atoms with van der Waals surface area (Å²) in [6, 6.07) is 7.71. The summed E-state index contributed by atoms with van der Waals surface area (Å²) in [6.07, 6.45) is 1.93. The van der Waals surface area contributed by atoms with Crippen LogP contribution in [-0.4, -0.2) is 53.1 Å². The van der Waals surface area contributed by atoms with Crippen molar-refractivity contribution in [1.82, 2.24) is 15.6 Å². The first-order valence-corrected chi connectivity index (χ1v) is 10.7. The molecule has 3 N–H and O–H groups in total. The molecule has 2 fully saturated rings. The number of pyridine rings is 1. The molecule has 7 nitrogen and oxygen atoms in total. The Morgan fingerprint density at radius 1 is 1.23 bits per heavy atom. The van der Waals surface area contributed by atoms with Crippen molar-refractivity contribution >= 4 is 17.5 Å². The van der Waals surface area contributed by atoms with Gasteiger partial charge in [0.25, 0.3) is 0 Å². The predicted octanol–water partition coefficient (Wildman–Crippen LogP) is 1.96. The molecule has 4 rings (SSSR count). The highest BCUT2D eigenvalue weighted by atomic mass is 35.5. The van der Waals surface area contributed by atoms with Gasteiger partial charge in [-0.15, -0.1) is 0 Å². The Morgan fingerprint density at radius 2 is 2.03 bits per heavy atom. The fraction of sp³-hybridized carbons (Fsp3) is 0.455. The zero-order chi connectivity index (χ0) is 21.8. The van der Waals surface area contributed by atoms with Gasteiger partial charge in [0.1, 0.15) is 18.0 Å². The molecule has 31 heavy (non-hydrogen) atoms. The second-order valence-electron chi connectivity index (χ2n) is 7.87. The number of fused-ring (bicyclic) bond motifs is 1. The van der Waals surface area contributed by atoms with E-state index in [1.807, 2.05) is 0 Å². The molecule has 3 heterocycles. The van der Waals surface area contributed by atoms with E-state index in [1.165, 1.54) is 12.1 Å². The zero-order valence-corrected chi connectivity index (χ0v) is 17.6. The molecule has 1 aromatic heterocycles. The molecule has 0 spiro atoms. The number of rotatable bonds is 8. The van der Waals surface area contributed by atoms with Gasteiger partial charge in [0, 0.05) is 49.0 Å². The molecule has 9 heteroatoms. The summed E-state index contributed by atoms with van der Waals surface area (Å²) in [6.45, 7) is 1.30. The normalized spacial score (nSPS) is 27.3. The monoisotopic (exact) mass is 449 g/mol. The number of halogens is 2. The van der Waals surface area contributed by atoms with Gasteiger partial charge in [-0.3, -0.25) is 9.78 Å². The predicted molar refractivity (Wildman–Crippen MR) is 112 cm³/mol. The van der Waals surface area contributed by atoms with Crippen molar-refractivity contribution in [2.75, 3.05) is 6.54 Å². The lowest BCUT2D eigenvalue weighted by Crippen LogP contribution is -2.39. The summed E-state index contributed by atoms with van der Waals surface area (Å²) in [5.41, 5.74) is 1.69. The maximum absolute atomic E-state index is 12.9. The molecule has 0 saturated carbocycles. The maximum atomic E-state index is 12.9. The Bertz CT molecular complexity index is 901. The third-order valence-electron chi connectivity index (χ3n) is 5.60. The Morgan fingerprint density at radius 3 is 2.77 bits per heavy atom. The number of ether oxygens (including phenoxy) is 2.